The average Bonchev–Trinajstić information content (AvgIpc) is 2.34. The van der Waals surface area contributed by atoms with E-state index in [4.69, 9.17) is 16.9 Å². The lowest BCUT2D eigenvalue weighted by Gasteiger charge is -2.34. The Hall–Kier alpha value is -0.790. The van der Waals surface area contributed by atoms with E-state index in [1.165, 1.54) is 0 Å². The molecule has 90 valence electrons. The van der Waals surface area contributed by atoms with Crippen LogP contribution in [-0.4, -0.2) is 54.3 Å². The van der Waals surface area contributed by atoms with Gasteiger partial charge in [-0.15, -0.1) is 11.6 Å². The highest BCUT2D eigenvalue weighted by atomic mass is 35.5. The van der Waals surface area contributed by atoms with Crippen LogP contribution in [0.1, 0.15) is 19.3 Å². The lowest BCUT2D eigenvalue weighted by atomic mass is 10.2. The molecule has 0 atom stereocenters. The molecule has 1 saturated heterocycles. The van der Waals surface area contributed by atoms with Crippen molar-refractivity contribution in [3.63, 3.8) is 0 Å². The van der Waals surface area contributed by atoms with Crippen LogP contribution in [0.3, 0.4) is 0 Å². The molecule has 0 saturated carbocycles. The van der Waals surface area contributed by atoms with Crippen molar-refractivity contribution in [1.29, 1.82) is 5.26 Å². The van der Waals surface area contributed by atoms with Crippen LogP contribution in [0.5, 0.6) is 0 Å². The molecule has 1 rings (SSSR count). The number of piperazine rings is 1. The molecule has 1 fully saturated rings. The Kier molecular flexibility index (Phi) is 6.20. The molecule has 1 amide bonds. The summed E-state index contributed by atoms with van der Waals surface area (Å²) in [4.78, 5) is 15.8. The van der Waals surface area contributed by atoms with Crippen molar-refractivity contribution in [3.05, 3.63) is 0 Å². The molecule has 0 aromatic carbocycles. The number of hydrogen-bond donors (Lipinski definition) is 0. The lowest BCUT2D eigenvalue weighted by Crippen LogP contribution is -2.48. The van der Waals surface area contributed by atoms with Gasteiger partial charge in [0, 0.05) is 51.4 Å². The van der Waals surface area contributed by atoms with E-state index in [9.17, 15) is 4.79 Å². The van der Waals surface area contributed by atoms with Gasteiger partial charge >= 0.3 is 0 Å². The molecule has 0 spiro atoms. The van der Waals surface area contributed by atoms with Crippen molar-refractivity contribution < 1.29 is 4.79 Å². The van der Waals surface area contributed by atoms with E-state index in [0.29, 0.717) is 18.7 Å². The van der Waals surface area contributed by atoms with Gasteiger partial charge < -0.3 is 4.90 Å². The minimum absolute atomic E-state index is 0.209. The van der Waals surface area contributed by atoms with E-state index in [1.807, 2.05) is 4.90 Å². The first kappa shape index (κ1) is 13.3. The van der Waals surface area contributed by atoms with Gasteiger partial charge in [-0.05, 0) is 6.42 Å². The molecule has 1 aliphatic heterocycles. The molecule has 16 heavy (non-hydrogen) atoms. The predicted octanol–water partition coefficient (Wildman–Crippen LogP) is 1.06. The first-order chi connectivity index (χ1) is 7.77. The molecule has 1 heterocycles. The normalized spacial score (nSPS) is 17.1. The van der Waals surface area contributed by atoms with E-state index in [-0.39, 0.29) is 5.91 Å². The minimum atomic E-state index is 0.209. The highest BCUT2D eigenvalue weighted by molar-refractivity contribution is 6.17. The number of hydrogen-bond acceptors (Lipinski definition) is 3. The molecule has 4 nitrogen and oxygen atoms in total. The quantitative estimate of drug-likeness (QED) is 0.679. The molecule has 5 heteroatoms. The topological polar surface area (TPSA) is 47.3 Å². The summed E-state index contributed by atoms with van der Waals surface area (Å²) in [6.45, 7) is 4.15. The van der Waals surface area contributed by atoms with Crippen LogP contribution < -0.4 is 0 Å². The van der Waals surface area contributed by atoms with Gasteiger partial charge in [0.25, 0.3) is 0 Å². The SMILES string of the molecule is N#CCCN1CCN(C(=O)CCCCl)CC1. The maximum absolute atomic E-state index is 11.7. The van der Waals surface area contributed by atoms with E-state index in [1.54, 1.807) is 0 Å². The number of carbonyl (C=O) groups is 1. The van der Waals surface area contributed by atoms with Crippen LogP contribution in [0.25, 0.3) is 0 Å². The highest BCUT2D eigenvalue weighted by Crippen LogP contribution is 2.06. The van der Waals surface area contributed by atoms with Crippen LogP contribution in [0.15, 0.2) is 0 Å². The van der Waals surface area contributed by atoms with Crippen molar-refractivity contribution in [2.24, 2.45) is 0 Å². The second-order valence-electron chi connectivity index (χ2n) is 3.92. The van der Waals surface area contributed by atoms with Gasteiger partial charge in [-0.3, -0.25) is 9.69 Å². The summed E-state index contributed by atoms with van der Waals surface area (Å²) in [5, 5.41) is 8.48. The fourth-order valence-corrected chi connectivity index (χ4v) is 1.94. The molecular weight excluding hydrogens is 226 g/mol. The first-order valence-electron chi connectivity index (χ1n) is 5.71. The van der Waals surface area contributed by atoms with Crippen molar-refractivity contribution in [1.82, 2.24) is 9.80 Å². The number of alkyl halides is 1. The van der Waals surface area contributed by atoms with Gasteiger partial charge in [0.05, 0.1) is 6.07 Å². The summed E-state index contributed by atoms with van der Waals surface area (Å²) < 4.78 is 0. The Morgan fingerprint density at radius 2 is 2.00 bits per heavy atom. The number of nitrogens with zero attached hydrogens (tertiary/aromatic N) is 3. The van der Waals surface area contributed by atoms with E-state index in [2.05, 4.69) is 11.0 Å². The maximum Gasteiger partial charge on any atom is 0.222 e. The summed E-state index contributed by atoms with van der Waals surface area (Å²) >= 11 is 5.56. The molecule has 1 aliphatic rings. The van der Waals surface area contributed by atoms with E-state index < -0.39 is 0 Å². The predicted molar refractivity (Wildman–Crippen MR) is 63.2 cm³/mol. The fraction of sp³-hybridized carbons (Fsp3) is 0.818. The molecule has 0 aliphatic carbocycles. The van der Waals surface area contributed by atoms with Crippen LogP contribution in [-0.2, 0) is 4.79 Å². The third kappa shape index (κ3) is 4.38. The molecule has 0 bridgehead atoms. The fourth-order valence-electron chi connectivity index (χ4n) is 1.81. The maximum atomic E-state index is 11.7. The van der Waals surface area contributed by atoms with Crippen LogP contribution in [0, 0.1) is 11.3 Å². The Balaban J connectivity index is 2.21. The van der Waals surface area contributed by atoms with Crippen LogP contribution in [0.2, 0.25) is 0 Å². The smallest absolute Gasteiger partial charge is 0.222 e. The number of carbonyl (C=O) groups excluding carboxylic acids is 1. The lowest BCUT2D eigenvalue weighted by molar-refractivity contribution is -0.132. The molecule has 0 N–H and O–H groups in total. The summed E-state index contributed by atoms with van der Waals surface area (Å²) in [5.74, 6) is 0.758. The third-order valence-electron chi connectivity index (χ3n) is 2.79. The zero-order chi connectivity index (χ0) is 11.8. The number of halogens is 1. The van der Waals surface area contributed by atoms with E-state index in [0.717, 1.165) is 39.1 Å². The number of rotatable bonds is 5. The zero-order valence-electron chi connectivity index (χ0n) is 9.49. The molecule has 0 aromatic heterocycles. The van der Waals surface area contributed by atoms with Crippen molar-refractivity contribution in [2.75, 3.05) is 38.6 Å². The van der Waals surface area contributed by atoms with Gasteiger partial charge in [-0.1, -0.05) is 0 Å². The first-order valence-corrected chi connectivity index (χ1v) is 6.24. The summed E-state index contributed by atoms with van der Waals surface area (Å²) in [6, 6.07) is 2.14. The second-order valence-corrected chi connectivity index (χ2v) is 4.30. The largest absolute Gasteiger partial charge is 0.340 e. The summed E-state index contributed by atoms with van der Waals surface area (Å²) in [7, 11) is 0. The van der Waals surface area contributed by atoms with Gasteiger partial charge in [0.2, 0.25) is 5.91 Å². The third-order valence-corrected chi connectivity index (χ3v) is 3.06. The van der Waals surface area contributed by atoms with Crippen molar-refractivity contribution in [3.8, 4) is 6.07 Å². The molecule has 0 unspecified atom stereocenters. The highest BCUT2D eigenvalue weighted by Gasteiger charge is 2.19. The van der Waals surface area contributed by atoms with E-state index >= 15 is 0 Å². The van der Waals surface area contributed by atoms with Crippen molar-refractivity contribution >= 4 is 17.5 Å². The summed E-state index contributed by atoms with van der Waals surface area (Å²) in [5.41, 5.74) is 0. The monoisotopic (exact) mass is 243 g/mol. The molecular formula is C11H18ClN3O. The minimum Gasteiger partial charge on any atom is -0.340 e. The van der Waals surface area contributed by atoms with Crippen molar-refractivity contribution in [2.45, 2.75) is 19.3 Å². The Morgan fingerprint density at radius 3 is 2.56 bits per heavy atom. The van der Waals surface area contributed by atoms with Gasteiger partial charge in [0.1, 0.15) is 0 Å². The number of amides is 1. The Morgan fingerprint density at radius 1 is 1.31 bits per heavy atom. The van der Waals surface area contributed by atoms with Crippen LogP contribution >= 0.6 is 11.6 Å². The van der Waals surface area contributed by atoms with Gasteiger partial charge in [0.15, 0.2) is 0 Å². The Bertz CT molecular complexity index is 256. The standard InChI is InChI=1S/C11H18ClN3O/c12-4-1-3-11(16)15-9-7-14(8-10-15)6-2-5-13/h1-4,6-10H2. The van der Waals surface area contributed by atoms with Gasteiger partial charge in [-0.25, -0.2) is 0 Å². The second kappa shape index (κ2) is 7.48. The van der Waals surface area contributed by atoms with Crippen LogP contribution in [0.4, 0.5) is 0 Å². The number of nitriles is 1. The molecule has 0 radical (unpaired) electrons. The Labute approximate surface area is 102 Å². The van der Waals surface area contributed by atoms with Gasteiger partial charge in [-0.2, -0.15) is 5.26 Å². The summed E-state index contributed by atoms with van der Waals surface area (Å²) in [6.07, 6.45) is 1.89. The zero-order valence-corrected chi connectivity index (χ0v) is 10.2. The molecule has 0 aromatic rings. The average molecular weight is 244 g/mol.